The predicted molar refractivity (Wildman–Crippen MR) is 123 cm³/mol. The molecule has 0 radical (unpaired) electrons. The predicted octanol–water partition coefficient (Wildman–Crippen LogP) is 3.91. The van der Waals surface area contributed by atoms with E-state index in [1.807, 2.05) is 0 Å². The first-order valence-corrected chi connectivity index (χ1v) is 11.3. The second kappa shape index (κ2) is 9.90. The van der Waals surface area contributed by atoms with Crippen molar-refractivity contribution in [2.45, 2.75) is 4.90 Å². The second-order valence-electron chi connectivity index (χ2n) is 6.48. The van der Waals surface area contributed by atoms with E-state index in [9.17, 15) is 18.0 Å². The third-order valence-corrected chi connectivity index (χ3v) is 6.27. The highest BCUT2D eigenvalue weighted by Gasteiger charge is 2.15. The Morgan fingerprint density at radius 2 is 1.50 bits per heavy atom. The average molecular weight is 494 g/mol. The molecule has 0 aliphatic rings. The van der Waals surface area contributed by atoms with Crippen LogP contribution >= 0.6 is 23.2 Å². The number of nitrogens with one attached hydrogen (secondary N) is 2. The standard InChI is InChI=1S/C21H17Cl2N3O5S/c22-18-10-5-15(11-19(18)23)26-32(29,30)17-8-6-16(7-9-17)31-12-20(27)25-14-3-1-13(2-4-14)21(24)28/h1-11,26H,12H2,(H2,24,28)(H,25,27). The van der Waals surface area contributed by atoms with Gasteiger partial charge in [-0.05, 0) is 66.7 Å². The molecule has 4 N–H and O–H groups in total. The van der Waals surface area contributed by atoms with Crippen molar-refractivity contribution in [3.63, 3.8) is 0 Å². The van der Waals surface area contributed by atoms with Gasteiger partial charge in [0.1, 0.15) is 5.75 Å². The normalized spacial score (nSPS) is 10.9. The Morgan fingerprint density at radius 3 is 2.09 bits per heavy atom. The Kier molecular flexibility index (Phi) is 7.24. The van der Waals surface area contributed by atoms with Crippen molar-refractivity contribution in [1.82, 2.24) is 0 Å². The summed E-state index contributed by atoms with van der Waals surface area (Å²) in [5.74, 6) is -0.698. The highest BCUT2D eigenvalue weighted by molar-refractivity contribution is 7.92. The largest absolute Gasteiger partial charge is 0.484 e. The summed E-state index contributed by atoms with van der Waals surface area (Å²) in [6, 6.07) is 16.0. The van der Waals surface area contributed by atoms with E-state index >= 15 is 0 Å². The van der Waals surface area contributed by atoms with E-state index in [0.717, 1.165) is 0 Å². The molecule has 0 aromatic heterocycles. The molecule has 0 bridgehead atoms. The topological polar surface area (TPSA) is 128 Å². The fourth-order valence-corrected chi connectivity index (χ4v) is 3.90. The molecule has 0 atom stereocenters. The van der Waals surface area contributed by atoms with Gasteiger partial charge in [-0.3, -0.25) is 14.3 Å². The zero-order chi connectivity index (χ0) is 23.3. The summed E-state index contributed by atoms with van der Waals surface area (Å²) in [5.41, 5.74) is 6.22. The number of sulfonamides is 1. The number of rotatable bonds is 8. The quantitative estimate of drug-likeness (QED) is 0.438. The van der Waals surface area contributed by atoms with Gasteiger partial charge >= 0.3 is 0 Å². The lowest BCUT2D eigenvalue weighted by atomic mass is 10.2. The smallest absolute Gasteiger partial charge is 0.262 e. The Bertz CT molecular complexity index is 1250. The lowest BCUT2D eigenvalue weighted by Gasteiger charge is -2.10. The molecule has 2 amide bonds. The molecular formula is C21H17Cl2N3O5S. The molecule has 3 aromatic carbocycles. The number of carbonyl (C=O) groups is 2. The lowest BCUT2D eigenvalue weighted by molar-refractivity contribution is -0.118. The van der Waals surface area contributed by atoms with Crippen LogP contribution in [0.25, 0.3) is 0 Å². The zero-order valence-corrected chi connectivity index (χ0v) is 18.7. The van der Waals surface area contributed by atoms with Crippen molar-refractivity contribution >= 4 is 56.4 Å². The van der Waals surface area contributed by atoms with Crippen molar-refractivity contribution in [2.24, 2.45) is 5.73 Å². The average Bonchev–Trinajstić information content (AvgIpc) is 2.75. The minimum absolute atomic E-state index is 0.00471. The van der Waals surface area contributed by atoms with E-state index in [1.54, 1.807) is 12.1 Å². The number of hydrogen-bond donors (Lipinski definition) is 3. The fraction of sp³-hybridized carbons (Fsp3) is 0.0476. The van der Waals surface area contributed by atoms with Gasteiger partial charge in [0.25, 0.3) is 15.9 Å². The lowest BCUT2D eigenvalue weighted by Crippen LogP contribution is -2.20. The molecular weight excluding hydrogens is 477 g/mol. The Balaban J connectivity index is 1.57. The molecule has 0 aliphatic heterocycles. The number of benzene rings is 3. The molecule has 11 heteroatoms. The first kappa shape index (κ1) is 23.4. The maximum atomic E-state index is 12.5. The van der Waals surface area contributed by atoms with Crippen molar-refractivity contribution in [1.29, 1.82) is 0 Å². The van der Waals surface area contributed by atoms with Crippen LogP contribution in [-0.2, 0) is 14.8 Å². The molecule has 0 heterocycles. The Hall–Kier alpha value is -3.27. The van der Waals surface area contributed by atoms with Crippen molar-refractivity contribution < 1.29 is 22.7 Å². The molecule has 166 valence electrons. The molecule has 32 heavy (non-hydrogen) atoms. The first-order valence-electron chi connectivity index (χ1n) is 9.04. The number of primary amides is 1. The molecule has 0 saturated carbocycles. The summed E-state index contributed by atoms with van der Waals surface area (Å²) in [6.45, 7) is -0.300. The van der Waals surface area contributed by atoms with Gasteiger partial charge in [0, 0.05) is 11.3 Å². The van der Waals surface area contributed by atoms with E-state index in [1.165, 1.54) is 54.6 Å². The number of amides is 2. The van der Waals surface area contributed by atoms with Gasteiger partial charge in [-0.1, -0.05) is 23.2 Å². The van der Waals surface area contributed by atoms with Crippen LogP contribution in [-0.4, -0.2) is 26.8 Å². The first-order chi connectivity index (χ1) is 15.1. The molecule has 0 fully saturated rings. The summed E-state index contributed by atoms with van der Waals surface area (Å²) < 4.78 is 32.8. The van der Waals surface area contributed by atoms with Crippen molar-refractivity contribution in [3.05, 3.63) is 82.3 Å². The summed E-state index contributed by atoms with van der Waals surface area (Å²) in [7, 11) is -3.86. The summed E-state index contributed by atoms with van der Waals surface area (Å²) in [5, 5.41) is 3.14. The molecule has 0 saturated heterocycles. The summed E-state index contributed by atoms with van der Waals surface area (Å²) in [6.07, 6.45) is 0. The third kappa shape index (κ3) is 6.13. The van der Waals surface area contributed by atoms with E-state index in [-0.39, 0.29) is 22.2 Å². The summed E-state index contributed by atoms with van der Waals surface area (Å²) in [4.78, 5) is 23.1. The van der Waals surface area contributed by atoms with Crippen LogP contribution in [0.1, 0.15) is 10.4 Å². The van der Waals surface area contributed by atoms with Gasteiger partial charge < -0.3 is 15.8 Å². The van der Waals surface area contributed by atoms with E-state index in [0.29, 0.717) is 22.0 Å². The maximum Gasteiger partial charge on any atom is 0.262 e. The fourth-order valence-electron chi connectivity index (χ4n) is 2.55. The van der Waals surface area contributed by atoms with E-state index in [4.69, 9.17) is 33.7 Å². The molecule has 0 unspecified atom stereocenters. The van der Waals surface area contributed by atoms with E-state index < -0.39 is 21.8 Å². The van der Waals surface area contributed by atoms with Crippen molar-refractivity contribution in [2.75, 3.05) is 16.6 Å². The van der Waals surface area contributed by atoms with Crippen LogP contribution in [0, 0.1) is 0 Å². The third-order valence-electron chi connectivity index (χ3n) is 4.13. The minimum atomic E-state index is -3.86. The highest BCUT2D eigenvalue weighted by Crippen LogP contribution is 2.27. The van der Waals surface area contributed by atoms with Gasteiger partial charge in [0.05, 0.1) is 20.6 Å². The van der Waals surface area contributed by atoms with Crippen LogP contribution in [0.4, 0.5) is 11.4 Å². The number of carbonyl (C=O) groups excluding carboxylic acids is 2. The zero-order valence-electron chi connectivity index (χ0n) is 16.3. The monoisotopic (exact) mass is 493 g/mol. The van der Waals surface area contributed by atoms with Crippen LogP contribution in [0.5, 0.6) is 5.75 Å². The van der Waals surface area contributed by atoms with Gasteiger partial charge in [0.15, 0.2) is 6.61 Å². The van der Waals surface area contributed by atoms with Crippen molar-refractivity contribution in [3.8, 4) is 5.75 Å². The SMILES string of the molecule is NC(=O)c1ccc(NC(=O)COc2ccc(S(=O)(=O)Nc3ccc(Cl)c(Cl)c3)cc2)cc1. The van der Waals surface area contributed by atoms with Gasteiger partial charge in [-0.2, -0.15) is 0 Å². The number of halogens is 2. The molecule has 0 spiro atoms. The molecule has 0 aliphatic carbocycles. The number of hydrogen-bond acceptors (Lipinski definition) is 5. The van der Waals surface area contributed by atoms with Gasteiger partial charge in [-0.25, -0.2) is 8.42 Å². The van der Waals surface area contributed by atoms with Crippen LogP contribution < -0.4 is 20.5 Å². The molecule has 8 nitrogen and oxygen atoms in total. The van der Waals surface area contributed by atoms with Crippen LogP contribution in [0.3, 0.4) is 0 Å². The summed E-state index contributed by atoms with van der Waals surface area (Å²) >= 11 is 11.7. The Morgan fingerprint density at radius 1 is 0.875 bits per heavy atom. The van der Waals surface area contributed by atoms with Gasteiger partial charge in [-0.15, -0.1) is 0 Å². The number of nitrogens with two attached hydrogens (primary N) is 1. The Labute approximate surface area is 194 Å². The van der Waals surface area contributed by atoms with Crippen LogP contribution in [0.15, 0.2) is 71.6 Å². The number of ether oxygens (including phenoxy) is 1. The minimum Gasteiger partial charge on any atom is -0.484 e. The molecule has 3 rings (SSSR count). The highest BCUT2D eigenvalue weighted by atomic mass is 35.5. The maximum absolute atomic E-state index is 12.5. The van der Waals surface area contributed by atoms with E-state index in [2.05, 4.69) is 10.0 Å². The van der Waals surface area contributed by atoms with Crippen LogP contribution in [0.2, 0.25) is 10.0 Å². The second-order valence-corrected chi connectivity index (χ2v) is 8.98. The number of anilines is 2. The molecule has 3 aromatic rings. The van der Waals surface area contributed by atoms with Gasteiger partial charge in [0.2, 0.25) is 5.91 Å².